The van der Waals surface area contributed by atoms with Gasteiger partial charge in [0.25, 0.3) is 0 Å². The molecule has 0 aliphatic carbocycles. The van der Waals surface area contributed by atoms with Crippen LogP contribution in [-0.2, 0) is 0 Å². The maximum Gasteiger partial charge on any atom is 0.354 e. The van der Waals surface area contributed by atoms with E-state index in [-0.39, 0.29) is 0 Å². The van der Waals surface area contributed by atoms with Crippen LogP contribution in [0.4, 0.5) is 11.4 Å². The molecule has 0 heterocycles. The lowest BCUT2D eigenvalue weighted by Gasteiger charge is -2.14. The average molecular weight is 342 g/mol. The fourth-order valence-electron chi connectivity index (χ4n) is 3.99. The molecule has 5 rings (SSSR count). The molecule has 0 fully saturated rings. The van der Waals surface area contributed by atoms with Gasteiger partial charge in [0.1, 0.15) is 0 Å². The Morgan fingerprint density at radius 2 is 1.27 bits per heavy atom. The minimum atomic E-state index is -0.679. The van der Waals surface area contributed by atoms with E-state index in [2.05, 4.69) is 0 Å². The third kappa shape index (κ3) is 1.70. The zero-order chi connectivity index (χ0) is 18.0. The van der Waals surface area contributed by atoms with Crippen molar-refractivity contribution < 1.29 is 9.85 Å². The van der Waals surface area contributed by atoms with Gasteiger partial charge < -0.3 is 0 Å². The van der Waals surface area contributed by atoms with Crippen LogP contribution >= 0.6 is 0 Å². The second-order valence-corrected chi connectivity index (χ2v) is 6.25. The molecule has 0 atom stereocenters. The molecule has 0 saturated carbocycles. The first-order chi connectivity index (χ1) is 12.6. The van der Waals surface area contributed by atoms with Gasteiger partial charge in [-0.05, 0) is 32.3 Å². The second kappa shape index (κ2) is 4.86. The first kappa shape index (κ1) is 14.5. The zero-order valence-electron chi connectivity index (χ0n) is 13.3. The number of nitro groups is 2. The molecule has 6 heteroatoms. The van der Waals surface area contributed by atoms with E-state index in [0.717, 1.165) is 21.5 Å². The molecule has 0 aliphatic rings. The predicted octanol–water partition coefficient (Wildman–Crippen LogP) is 5.55. The van der Waals surface area contributed by atoms with Gasteiger partial charge in [-0.3, -0.25) is 20.2 Å². The lowest BCUT2D eigenvalue weighted by molar-refractivity contribution is -0.421. The lowest BCUT2D eigenvalue weighted by Crippen LogP contribution is -1.99. The highest BCUT2D eigenvalue weighted by Crippen LogP contribution is 2.47. The number of hydrogen-bond acceptors (Lipinski definition) is 4. The third-order valence-corrected chi connectivity index (χ3v) is 4.97. The average Bonchev–Trinajstić information content (AvgIpc) is 2.65. The van der Waals surface area contributed by atoms with Gasteiger partial charge in [-0.15, -0.1) is 0 Å². The summed E-state index contributed by atoms with van der Waals surface area (Å²) in [5.74, 6) is 0. The van der Waals surface area contributed by atoms with Crippen molar-refractivity contribution in [3.8, 4) is 0 Å². The van der Waals surface area contributed by atoms with Gasteiger partial charge in [0.05, 0.1) is 15.2 Å². The van der Waals surface area contributed by atoms with E-state index < -0.39 is 21.2 Å². The van der Waals surface area contributed by atoms with Crippen LogP contribution in [0.5, 0.6) is 0 Å². The number of fused-ring (bicyclic) bond motifs is 3. The minimum Gasteiger partial charge on any atom is -0.258 e. The van der Waals surface area contributed by atoms with E-state index in [1.807, 2.05) is 36.4 Å². The van der Waals surface area contributed by atoms with Gasteiger partial charge >= 0.3 is 11.4 Å². The molecule has 5 aromatic carbocycles. The van der Waals surface area contributed by atoms with E-state index in [1.165, 1.54) is 6.07 Å². The number of hydrogen-bond donors (Lipinski definition) is 0. The van der Waals surface area contributed by atoms with Crippen molar-refractivity contribution in [1.82, 2.24) is 0 Å². The van der Waals surface area contributed by atoms with Crippen LogP contribution in [0.2, 0.25) is 0 Å². The maximum absolute atomic E-state index is 11.8. The predicted molar refractivity (Wildman–Crippen MR) is 101 cm³/mol. The van der Waals surface area contributed by atoms with E-state index in [4.69, 9.17) is 0 Å². The topological polar surface area (TPSA) is 86.3 Å². The monoisotopic (exact) mass is 342 g/mol. The van der Waals surface area contributed by atoms with Crippen molar-refractivity contribution in [2.45, 2.75) is 0 Å². The van der Waals surface area contributed by atoms with Crippen LogP contribution in [0.3, 0.4) is 0 Å². The molecule has 124 valence electrons. The summed E-state index contributed by atoms with van der Waals surface area (Å²) in [5.41, 5.74) is -0.928. The van der Waals surface area contributed by atoms with Gasteiger partial charge in [0.2, 0.25) is 0 Å². The zero-order valence-corrected chi connectivity index (χ0v) is 13.3. The van der Waals surface area contributed by atoms with Crippen LogP contribution in [0, 0.1) is 20.2 Å². The Kier molecular flexibility index (Phi) is 2.72. The van der Waals surface area contributed by atoms with E-state index >= 15 is 0 Å². The van der Waals surface area contributed by atoms with Gasteiger partial charge in [-0.25, -0.2) is 0 Å². The fourth-order valence-corrected chi connectivity index (χ4v) is 3.99. The largest absolute Gasteiger partial charge is 0.354 e. The number of nitro benzene ring substituents is 2. The Morgan fingerprint density at radius 1 is 0.615 bits per heavy atom. The highest BCUT2D eigenvalue weighted by Gasteiger charge is 2.31. The van der Waals surface area contributed by atoms with Crippen molar-refractivity contribution >= 4 is 54.5 Å². The highest BCUT2D eigenvalue weighted by molar-refractivity contribution is 6.36. The smallest absolute Gasteiger partial charge is 0.258 e. The van der Waals surface area contributed by atoms with Crippen LogP contribution in [-0.4, -0.2) is 9.85 Å². The van der Waals surface area contributed by atoms with Gasteiger partial charge in [0.15, 0.2) is 0 Å². The summed E-state index contributed by atoms with van der Waals surface area (Å²) in [7, 11) is 0. The normalized spacial score (nSPS) is 11.7. The van der Waals surface area contributed by atoms with E-state index in [9.17, 15) is 20.2 Å². The molecule has 26 heavy (non-hydrogen) atoms. The molecular formula is C20H10N2O4. The summed E-state index contributed by atoms with van der Waals surface area (Å²) in [6.07, 6.45) is 0. The molecule has 0 spiro atoms. The number of nitrogens with zero attached hydrogens (tertiary/aromatic N) is 2. The van der Waals surface area contributed by atoms with Crippen LogP contribution in [0.25, 0.3) is 43.1 Å². The summed E-state index contributed by atoms with van der Waals surface area (Å²) in [6, 6.07) is 18.2. The van der Waals surface area contributed by atoms with Crippen molar-refractivity contribution in [1.29, 1.82) is 0 Å². The molecule has 0 aromatic heterocycles. The Balaban J connectivity index is 2.27. The van der Waals surface area contributed by atoms with Crippen LogP contribution in [0.1, 0.15) is 0 Å². The standard InChI is InChI=1S/C20H10N2O4/c23-21(24)16-10-12-9-8-11-4-3-7-14-13-5-1-2-6-15(13)19(18(12)17(11)14)20(16)22(25)26/h1-10H. The van der Waals surface area contributed by atoms with Crippen molar-refractivity contribution in [2.75, 3.05) is 0 Å². The first-order valence-electron chi connectivity index (χ1n) is 7.99. The Labute approximate surface area is 145 Å². The molecule has 0 radical (unpaired) electrons. The third-order valence-electron chi connectivity index (χ3n) is 4.97. The Hall–Kier alpha value is -3.80. The molecule has 0 amide bonds. The molecule has 0 N–H and O–H groups in total. The number of rotatable bonds is 2. The van der Waals surface area contributed by atoms with Crippen LogP contribution in [0.15, 0.2) is 60.7 Å². The van der Waals surface area contributed by atoms with Gasteiger partial charge in [-0.2, -0.15) is 0 Å². The van der Waals surface area contributed by atoms with E-state index in [0.29, 0.717) is 21.5 Å². The summed E-state index contributed by atoms with van der Waals surface area (Å²) in [6.45, 7) is 0. The highest BCUT2D eigenvalue weighted by atomic mass is 16.6. The molecule has 5 aromatic rings. The lowest BCUT2D eigenvalue weighted by atomic mass is 9.88. The quantitative estimate of drug-likeness (QED) is 0.182. The Bertz CT molecular complexity index is 1390. The molecule has 0 unspecified atom stereocenters. The summed E-state index contributed by atoms with van der Waals surface area (Å²) >= 11 is 0. The summed E-state index contributed by atoms with van der Waals surface area (Å²) < 4.78 is 0. The van der Waals surface area contributed by atoms with Crippen molar-refractivity contribution in [3.63, 3.8) is 0 Å². The SMILES string of the molecule is O=[N+]([O-])c1cc2ccc3cccc4c5ccccc5c(c1[N+](=O)[O-])c2c34. The minimum absolute atomic E-state index is 0.333. The number of benzene rings is 5. The second-order valence-electron chi connectivity index (χ2n) is 6.25. The molecular weight excluding hydrogens is 332 g/mol. The first-order valence-corrected chi connectivity index (χ1v) is 7.99. The van der Waals surface area contributed by atoms with Crippen molar-refractivity contribution in [3.05, 3.63) is 80.9 Å². The van der Waals surface area contributed by atoms with Crippen LogP contribution < -0.4 is 0 Å². The van der Waals surface area contributed by atoms with Gasteiger partial charge in [0, 0.05) is 11.5 Å². The summed E-state index contributed by atoms with van der Waals surface area (Å²) in [5, 5.41) is 29.4. The van der Waals surface area contributed by atoms with Gasteiger partial charge in [-0.1, -0.05) is 54.6 Å². The Morgan fingerprint density at radius 3 is 2.00 bits per heavy atom. The molecule has 6 nitrogen and oxygen atoms in total. The molecule has 0 saturated heterocycles. The van der Waals surface area contributed by atoms with E-state index in [1.54, 1.807) is 18.2 Å². The van der Waals surface area contributed by atoms with Crippen molar-refractivity contribution in [2.24, 2.45) is 0 Å². The fraction of sp³-hybridized carbons (Fsp3) is 0. The molecule has 0 bridgehead atoms. The maximum atomic E-state index is 11.8. The summed E-state index contributed by atoms with van der Waals surface area (Å²) in [4.78, 5) is 22.0. The molecule has 0 aliphatic heterocycles.